The summed E-state index contributed by atoms with van der Waals surface area (Å²) in [6.07, 6.45) is 1.31. The van der Waals surface area contributed by atoms with Gasteiger partial charge in [0.2, 0.25) is 5.43 Å². The number of ether oxygens (including phenoxy) is 1. The Labute approximate surface area is 239 Å². The molecule has 2 N–H and O–H groups in total. The third kappa shape index (κ3) is 4.61. The number of carboxylic acid groups (broad SMARTS) is 1. The monoisotopic (exact) mass is 574 g/mol. The van der Waals surface area contributed by atoms with Crippen LogP contribution in [0.3, 0.4) is 0 Å². The predicted octanol–water partition coefficient (Wildman–Crippen LogP) is 5.29. The summed E-state index contributed by atoms with van der Waals surface area (Å²) < 4.78 is 28.6. The molecular formula is C30H27FN4O5S. The topological polar surface area (TPSA) is 100 Å². The number of rotatable bonds is 5. The number of anilines is 2. The number of methoxy groups -OCH3 is 1. The van der Waals surface area contributed by atoms with E-state index in [-0.39, 0.29) is 10.9 Å². The van der Waals surface area contributed by atoms with Gasteiger partial charge in [0.05, 0.1) is 24.0 Å². The Morgan fingerprint density at radius 1 is 1.07 bits per heavy atom. The maximum atomic E-state index is 15.3. The molecule has 0 radical (unpaired) electrons. The number of nitrogens with zero attached hydrogens (tertiary/aromatic N) is 3. The Balaban J connectivity index is 1.21. The zero-order chi connectivity index (χ0) is 28.8. The van der Waals surface area contributed by atoms with Crippen molar-refractivity contribution in [3.05, 3.63) is 76.3 Å². The molecule has 5 aromatic rings. The van der Waals surface area contributed by atoms with Crippen molar-refractivity contribution in [1.82, 2.24) is 9.47 Å². The number of pyridine rings is 1. The van der Waals surface area contributed by atoms with Gasteiger partial charge in [0, 0.05) is 61.1 Å². The first kappa shape index (κ1) is 26.6. The van der Waals surface area contributed by atoms with Gasteiger partial charge in [-0.05, 0) is 43.4 Å². The Morgan fingerprint density at radius 3 is 2.54 bits per heavy atom. The van der Waals surface area contributed by atoms with E-state index in [2.05, 4.69) is 5.32 Å². The van der Waals surface area contributed by atoms with Crippen LogP contribution in [0.1, 0.15) is 17.3 Å². The van der Waals surface area contributed by atoms with E-state index in [1.54, 1.807) is 17.7 Å². The quantitative estimate of drug-likeness (QED) is 0.272. The summed E-state index contributed by atoms with van der Waals surface area (Å²) in [4.78, 5) is 28.1. The fourth-order valence-electron chi connectivity index (χ4n) is 5.42. The minimum absolute atomic E-state index is 0.0485. The molecule has 6 rings (SSSR count). The summed E-state index contributed by atoms with van der Waals surface area (Å²) >= 11 is 5.73. The molecule has 41 heavy (non-hydrogen) atoms. The van der Waals surface area contributed by atoms with Crippen LogP contribution in [0.4, 0.5) is 15.8 Å². The number of furan rings is 1. The molecule has 1 aliphatic rings. The predicted molar refractivity (Wildman–Crippen MR) is 161 cm³/mol. The minimum Gasteiger partial charge on any atom is -0.495 e. The highest BCUT2D eigenvalue weighted by atomic mass is 32.1. The number of halogens is 1. The molecule has 0 bridgehead atoms. The van der Waals surface area contributed by atoms with E-state index in [1.807, 2.05) is 53.1 Å². The van der Waals surface area contributed by atoms with Crippen LogP contribution in [0.5, 0.6) is 5.75 Å². The maximum Gasteiger partial charge on any atom is 0.341 e. The Bertz CT molecular complexity index is 1910. The highest BCUT2D eigenvalue weighted by Gasteiger charge is 2.24. The molecule has 0 saturated carbocycles. The zero-order valence-electron chi connectivity index (χ0n) is 22.4. The molecule has 3 heterocycles. The van der Waals surface area contributed by atoms with E-state index in [4.69, 9.17) is 21.4 Å². The number of carboxylic acids is 1. The number of fused-ring (bicyclic) bond motifs is 4. The molecule has 0 atom stereocenters. The number of aromatic carboxylic acids is 1. The van der Waals surface area contributed by atoms with Gasteiger partial charge >= 0.3 is 5.97 Å². The molecular weight excluding hydrogens is 547 g/mol. The van der Waals surface area contributed by atoms with Crippen molar-refractivity contribution in [2.24, 2.45) is 0 Å². The smallest absolute Gasteiger partial charge is 0.341 e. The third-order valence-electron chi connectivity index (χ3n) is 7.57. The lowest BCUT2D eigenvalue weighted by atomic mass is 10.1. The third-order valence-corrected chi connectivity index (χ3v) is 7.93. The lowest BCUT2D eigenvalue weighted by molar-refractivity contribution is 0.0695. The number of para-hydroxylation sites is 1. The molecule has 1 fully saturated rings. The Hall–Kier alpha value is -4.64. The lowest BCUT2D eigenvalue weighted by Crippen LogP contribution is -2.50. The number of carbonyl (C=O) groups is 1. The van der Waals surface area contributed by atoms with Crippen LogP contribution in [-0.4, -0.2) is 58.9 Å². The number of hydrogen-bond donors (Lipinski definition) is 2. The number of hydrogen-bond acceptors (Lipinski definition) is 6. The van der Waals surface area contributed by atoms with Crippen molar-refractivity contribution in [2.45, 2.75) is 13.5 Å². The van der Waals surface area contributed by atoms with Crippen LogP contribution in [0.25, 0.3) is 32.8 Å². The van der Waals surface area contributed by atoms with Crippen LogP contribution < -0.4 is 20.4 Å². The summed E-state index contributed by atoms with van der Waals surface area (Å²) in [7, 11) is 1.61. The van der Waals surface area contributed by atoms with Gasteiger partial charge in [0.25, 0.3) is 0 Å². The number of benzene rings is 3. The summed E-state index contributed by atoms with van der Waals surface area (Å²) in [6, 6.07) is 14.4. The number of nitrogens with one attached hydrogen (secondary N) is 1. The summed E-state index contributed by atoms with van der Waals surface area (Å²) in [5.74, 6) is -1.27. The van der Waals surface area contributed by atoms with Crippen LogP contribution in [0.2, 0.25) is 0 Å². The highest BCUT2D eigenvalue weighted by molar-refractivity contribution is 7.80. The highest BCUT2D eigenvalue weighted by Crippen LogP contribution is 2.36. The molecule has 1 aliphatic heterocycles. The largest absolute Gasteiger partial charge is 0.495 e. The van der Waals surface area contributed by atoms with Crippen LogP contribution in [-0.2, 0) is 6.54 Å². The van der Waals surface area contributed by atoms with Crippen LogP contribution in [0.15, 0.2) is 63.9 Å². The average molecular weight is 575 g/mol. The molecule has 0 amide bonds. The van der Waals surface area contributed by atoms with Gasteiger partial charge in [-0.1, -0.05) is 18.2 Å². The van der Waals surface area contributed by atoms with Crippen LogP contribution >= 0.6 is 12.2 Å². The van der Waals surface area contributed by atoms with Crippen molar-refractivity contribution in [3.8, 4) is 5.75 Å². The zero-order valence-corrected chi connectivity index (χ0v) is 23.3. The fourth-order valence-corrected chi connectivity index (χ4v) is 5.71. The van der Waals surface area contributed by atoms with Gasteiger partial charge in [0.1, 0.15) is 28.3 Å². The number of thiocarbonyl (C=S) groups is 1. The minimum atomic E-state index is -1.33. The van der Waals surface area contributed by atoms with Gasteiger partial charge in [-0.25, -0.2) is 9.18 Å². The van der Waals surface area contributed by atoms with Gasteiger partial charge in [-0.15, -0.1) is 0 Å². The molecule has 2 aromatic heterocycles. The maximum absolute atomic E-state index is 15.3. The normalized spacial score (nSPS) is 13.7. The molecule has 0 aliphatic carbocycles. The summed E-state index contributed by atoms with van der Waals surface area (Å²) in [6.45, 7) is 4.33. The van der Waals surface area contributed by atoms with Gasteiger partial charge in [0.15, 0.2) is 5.11 Å². The molecule has 0 unspecified atom stereocenters. The van der Waals surface area contributed by atoms with Gasteiger partial charge < -0.3 is 33.9 Å². The van der Waals surface area contributed by atoms with E-state index in [0.717, 1.165) is 28.0 Å². The van der Waals surface area contributed by atoms with Crippen molar-refractivity contribution in [3.63, 3.8) is 0 Å². The summed E-state index contributed by atoms with van der Waals surface area (Å²) in [5.41, 5.74) is 1.97. The molecule has 210 valence electrons. The fraction of sp³-hybridized carbons (Fsp3) is 0.233. The number of piperazine rings is 1. The first-order chi connectivity index (χ1) is 19.8. The van der Waals surface area contributed by atoms with Gasteiger partial charge in [-0.2, -0.15) is 0 Å². The van der Waals surface area contributed by atoms with Crippen molar-refractivity contribution >= 4 is 67.5 Å². The molecule has 9 nitrogen and oxygen atoms in total. The second-order valence-corrected chi connectivity index (χ2v) is 10.2. The molecule has 0 spiro atoms. The average Bonchev–Trinajstić information content (AvgIpc) is 3.34. The SMILES string of the molecule is CCn1cc(C(=O)O)c(=O)c2cc(F)c(N3CCN(C(=S)Nc4cc5oc6ccccc6c5cc4OC)CC3)cc21. The molecule has 1 saturated heterocycles. The molecule has 11 heteroatoms. The summed E-state index contributed by atoms with van der Waals surface area (Å²) in [5, 5.41) is 15.2. The standard InChI is InChI=1S/C30H27FN4O5S/c1-3-33-16-20(29(37)38)28(36)19-12-21(31)24(15-23(19)33)34-8-10-35(11-9-34)30(41)32-22-14-26-18(13-27(22)39-2)17-6-4-5-7-25(17)40-26/h4-7,12-16H,3,8-11H2,1-2H3,(H,32,41)(H,37,38). The number of aromatic nitrogens is 1. The van der Waals surface area contributed by atoms with E-state index in [0.29, 0.717) is 60.5 Å². The Kier molecular flexibility index (Phi) is 6.74. The van der Waals surface area contributed by atoms with Crippen molar-refractivity contribution in [2.75, 3.05) is 43.5 Å². The van der Waals surface area contributed by atoms with Crippen molar-refractivity contribution < 1.29 is 23.4 Å². The van der Waals surface area contributed by atoms with Gasteiger partial charge in [-0.3, -0.25) is 4.79 Å². The Morgan fingerprint density at radius 2 is 1.83 bits per heavy atom. The first-order valence-corrected chi connectivity index (χ1v) is 13.6. The van der Waals surface area contributed by atoms with E-state index in [9.17, 15) is 14.7 Å². The second-order valence-electron chi connectivity index (χ2n) is 9.83. The van der Waals surface area contributed by atoms with E-state index in [1.165, 1.54) is 6.20 Å². The van der Waals surface area contributed by atoms with Crippen molar-refractivity contribution in [1.29, 1.82) is 0 Å². The molecule has 3 aromatic carbocycles. The second kappa shape index (κ2) is 10.4. The van der Waals surface area contributed by atoms with Crippen LogP contribution in [0, 0.1) is 5.82 Å². The van der Waals surface area contributed by atoms with E-state index < -0.39 is 17.2 Å². The number of aryl methyl sites for hydroxylation is 1. The first-order valence-electron chi connectivity index (χ1n) is 13.2. The van der Waals surface area contributed by atoms with E-state index >= 15 is 4.39 Å². The lowest BCUT2D eigenvalue weighted by Gasteiger charge is -2.37.